The van der Waals surface area contributed by atoms with E-state index >= 15 is 0 Å². The Labute approximate surface area is 97.0 Å². The molecule has 1 aromatic rings. The topological polar surface area (TPSA) is 21.3 Å². The van der Waals surface area contributed by atoms with Crippen LogP contribution >= 0.6 is 0 Å². The lowest BCUT2D eigenvalue weighted by Gasteiger charge is -2.31. The summed E-state index contributed by atoms with van der Waals surface area (Å²) in [5, 5.41) is 3.74. The van der Waals surface area contributed by atoms with E-state index in [-0.39, 0.29) is 5.54 Å². The van der Waals surface area contributed by atoms with E-state index in [4.69, 9.17) is 4.74 Å². The number of hydrogen-bond donors (Lipinski definition) is 1. The molecule has 0 radical (unpaired) electrons. The average Bonchev–Trinajstić information content (AvgIpc) is 3.09. The van der Waals surface area contributed by atoms with Crippen molar-refractivity contribution in [2.75, 3.05) is 13.7 Å². The highest BCUT2D eigenvalue weighted by Crippen LogP contribution is 2.52. The molecule has 1 saturated heterocycles. The first kappa shape index (κ1) is 10.2. The molecule has 2 nitrogen and oxygen atoms in total. The molecule has 2 heteroatoms. The van der Waals surface area contributed by atoms with Crippen molar-refractivity contribution in [3.8, 4) is 5.75 Å². The zero-order valence-corrected chi connectivity index (χ0v) is 9.83. The zero-order valence-electron chi connectivity index (χ0n) is 9.83. The SMILES string of the molecule is COc1ccccc1C1(C2CC2)CCCN1. The number of rotatable bonds is 3. The molecule has 86 valence electrons. The summed E-state index contributed by atoms with van der Waals surface area (Å²) in [7, 11) is 1.77. The Kier molecular flexibility index (Phi) is 2.40. The maximum Gasteiger partial charge on any atom is 0.123 e. The molecule has 1 heterocycles. The highest BCUT2D eigenvalue weighted by atomic mass is 16.5. The Morgan fingerprint density at radius 1 is 1.31 bits per heavy atom. The van der Waals surface area contributed by atoms with E-state index in [1.807, 2.05) is 0 Å². The molecule has 0 amide bonds. The van der Waals surface area contributed by atoms with Gasteiger partial charge in [-0.2, -0.15) is 0 Å². The Morgan fingerprint density at radius 2 is 2.12 bits per heavy atom. The van der Waals surface area contributed by atoms with Gasteiger partial charge in [-0.1, -0.05) is 18.2 Å². The molecule has 1 atom stereocenters. The second-order valence-corrected chi connectivity index (χ2v) is 4.98. The summed E-state index contributed by atoms with van der Waals surface area (Å²) in [4.78, 5) is 0. The monoisotopic (exact) mass is 217 g/mol. The van der Waals surface area contributed by atoms with Crippen molar-refractivity contribution in [1.29, 1.82) is 0 Å². The van der Waals surface area contributed by atoms with Gasteiger partial charge in [0.05, 0.1) is 7.11 Å². The molecule has 2 fully saturated rings. The van der Waals surface area contributed by atoms with Crippen molar-refractivity contribution >= 4 is 0 Å². The van der Waals surface area contributed by atoms with Gasteiger partial charge in [-0.15, -0.1) is 0 Å². The molecule has 1 aliphatic carbocycles. The zero-order chi connectivity index (χ0) is 11.0. The van der Waals surface area contributed by atoms with Crippen LogP contribution in [-0.4, -0.2) is 13.7 Å². The van der Waals surface area contributed by atoms with Crippen LogP contribution in [0.25, 0.3) is 0 Å². The van der Waals surface area contributed by atoms with Gasteiger partial charge in [-0.3, -0.25) is 0 Å². The molecule has 1 N–H and O–H groups in total. The Morgan fingerprint density at radius 3 is 2.75 bits per heavy atom. The molecule has 2 aliphatic rings. The number of hydrogen-bond acceptors (Lipinski definition) is 2. The maximum absolute atomic E-state index is 5.52. The summed E-state index contributed by atoms with van der Waals surface area (Å²) < 4.78 is 5.52. The lowest BCUT2D eigenvalue weighted by Crippen LogP contribution is -2.39. The fourth-order valence-electron chi connectivity index (χ4n) is 3.15. The van der Waals surface area contributed by atoms with Gasteiger partial charge < -0.3 is 10.1 Å². The van der Waals surface area contributed by atoms with Crippen molar-refractivity contribution < 1.29 is 4.74 Å². The molecule has 1 saturated carbocycles. The molecule has 16 heavy (non-hydrogen) atoms. The van der Waals surface area contributed by atoms with Gasteiger partial charge in [-0.25, -0.2) is 0 Å². The molecule has 1 aliphatic heterocycles. The van der Waals surface area contributed by atoms with Crippen LogP contribution in [0, 0.1) is 5.92 Å². The number of para-hydroxylation sites is 1. The molecule has 1 unspecified atom stereocenters. The molecule has 3 rings (SSSR count). The molecule has 0 spiro atoms. The summed E-state index contributed by atoms with van der Waals surface area (Å²) in [5.41, 5.74) is 1.59. The van der Waals surface area contributed by atoms with Crippen LogP contribution in [0.5, 0.6) is 5.75 Å². The van der Waals surface area contributed by atoms with Gasteiger partial charge in [0.1, 0.15) is 5.75 Å². The first-order valence-corrected chi connectivity index (χ1v) is 6.25. The second-order valence-electron chi connectivity index (χ2n) is 4.98. The van der Waals surface area contributed by atoms with Crippen LogP contribution in [0.3, 0.4) is 0 Å². The summed E-state index contributed by atoms with van der Waals surface area (Å²) in [6.45, 7) is 1.15. The summed E-state index contributed by atoms with van der Waals surface area (Å²) in [6.07, 6.45) is 5.28. The molecule has 0 bridgehead atoms. The van der Waals surface area contributed by atoms with Crippen molar-refractivity contribution in [2.45, 2.75) is 31.2 Å². The summed E-state index contributed by atoms with van der Waals surface area (Å²) >= 11 is 0. The highest BCUT2D eigenvalue weighted by molar-refractivity contribution is 5.41. The van der Waals surface area contributed by atoms with Gasteiger partial charge >= 0.3 is 0 Å². The Hall–Kier alpha value is -1.02. The fraction of sp³-hybridized carbons (Fsp3) is 0.571. The third-order valence-corrected chi connectivity index (χ3v) is 4.05. The minimum Gasteiger partial charge on any atom is -0.496 e. The second kappa shape index (κ2) is 3.77. The summed E-state index contributed by atoms with van der Waals surface area (Å²) in [6, 6.07) is 8.49. The van der Waals surface area contributed by atoms with Crippen LogP contribution in [0.15, 0.2) is 24.3 Å². The average molecular weight is 217 g/mol. The van der Waals surface area contributed by atoms with E-state index in [1.165, 1.54) is 31.2 Å². The predicted octanol–water partition coefficient (Wildman–Crippen LogP) is 2.68. The Balaban J connectivity index is 2.05. The Bertz CT molecular complexity index is 378. The minimum absolute atomic E-state index is 0.215. The van der Waals surface area contributed by atoms with E-state index in [0.717, 1.165) is 18.2 Å². The van der Waals surface area contributed by atoms with E-state index < -0.39 is 0 Å². The third kappa shape index (κ3) is 1.44. The molecular formula is C14H19NO. The number of benzene rings is 1. The number of methoxy groups -OCH3 is 1. The molecular weight excluding hydrogens is 198 g/mol. The van der Waals surface area contributed by atoms with Crippen LogP contribution in [0.2, 0.25) is 0 Å². The van der Waals surface area contributed by atoms with Crippen LogP contribution in [-0.2, 0) is 5.54 Å². The molecule has 0 aromatic heterocycles. The van der Waals surface area contributed by atoms with E-state index in [1.54, 1.807) is 7.11 Å². The predicted molar refractivity (Wildman–Crippen MR) is 64.6 cm³/mol. The maximum atomic E-state index is 5.52. The number of ether oxygens (including phenoxy) is 1. The third-order valence-electron chi connectivity index (χ3n) is 4.05. The first-order chi connectivity index (χ1) is 7.87. The normalized spacial score (nSPS) is 29.3. The van der Waals surface area contributed by atoms with Crippen LogP contribution in [0.1, 0.15) is 31.2 Å². The quantitative estimate of drug-likeness (QED) is 0.840. The van der Waals surface area contributed by atoms with Crippen molar-refractivity contribution in [1.82, 2.24) is 5.32 Å². The van der Waals surface area contributed by atoms with E-state index in [0.29, 0.717) is 0 Å². The fourth-order valence-corrected chi connectivity index (χ4v) is 3.15. The standard InChI is InChI=1S/C14H19NO/c1-16-13-6-3-2-5-12(13)14(11-7-8-11)9-4-10-15-14/h2-3,5-6,11,15H,4,7-10H2,1H3. The van der Waals surface area contributed by atoms with Crippen molar-refractivity contribution in [2.24, 2.45) is 5.92 Å². The summed E-state index contributed by atoms with van der Waals surface area (Å²) in [5.74, 6) is 1.87. The van der Waals surface area contributed by atoms with Crippen molar-refractivity contribution in [3.63, 3.8) is 0 Å². The molecule has 1 aromatic carbocycles. The van der Waals surface area contributed by atoms with Crippen molar-refractivity contribution in [3.05, 3.63) is 29.8 Å². The minimum atomic E-state index is 0.215. The largest absolute Gasteiger partial charge is 0.496 e. The van der Waals surface area contributed by atoms with E-state index in [2.05, 4.69) is 29.6 Å². The first-order valence-electron chi connectivity index (χ1n) is 6.25. The van der Waals surface area contributed by atoms with E-state index in [9.17, 15) is 0 Å². The van der Waals surface area contributed by atoms with Gasteiger partial charge in [-0.05, 0) is 44.2 Å². The van der Waals surface area contributed by atoms with Gasteiger partial charge in [0.2, 0.25) is 0 Å². The van der Waals surface area contributed by atoms with Gasteiger partial charge in [0, 0.05) is 11.1 Å². The highest BCUT2D eigenvalue weighted by Gasteiger charge is 2.49. The number of nitrogens with one attached hydrogen (secondary N) is 1. The smallest absolute Gasteiger partial charge is 0.123 e. The lowest BCUT2D eigenvalue weighted by atomic mass is 9.83. The van der Waals surface area contributed by atoms with Crippen LogP contribution < -0.4 is 10.1 Å². The lowest BCUT2D eigenvalue weighted by molar-refractivity contribution is 0.313. The van der Waals surface area contributed by atoms with Crippen LogP contribution in [0.4, 0.5) is 0 Å². The van der Waals surface area contributed by atoms with Gasteiger partial charge in [0.15, 0.2) is 0 Å². The van der Waals surface area contributed by atoms with Gasteiger partial charge in [0.25, 0.3) is 0 Å².